The molecular formula is C21H28N4O3. The Morgan fingerprint density at radius 1 is 1.00 bits per heavy atom. The zero-order chi connectivity index (χ0) is 20.1. The Hall–Kier alpha value is -2.67. The van der Waals surface area contributed by atoms with E-state index in [1.54, 1.807) is 21.3 Å². The van der Waals surface area contributed by atoms with Crippen molar-refractivity contribution < 1.29 is 14.2 Å². The van der Waals surface area contributed by atoms with Gasteiger partial charge in [-0.2, -0.15) is 4.98 Å². The highest BCUT2D eigenvalue weighted by atomic mass is 16.5. The highest BCUT2D eigenvalue weighted by molar-refractivity contribution is 5.91. The first-order valence-electron chi connectivity index (χ1n) is 9.62. The summed E-state index contributed by atoms with van der Waals surface area (Å²) in [5.41, 5.74) is 3.57. The van der Waals surface area contributed by atoms with Crippen molar-refractivity contribution in [3.63, 3.8) is 0 Å². The summed E-state index contributed by atoms with van der Waals surface area (Å²) in [4.78, 5) is 14.0. The van der Waals surface area contributed by atoms with Gasteiger partial charge in [0.15, 0.2) is 5.65 Å². The molecule has 0 aliphatic rings. The van der Waals surface area contributed by atoms with Crippen LogP contribution in [0.1, 0.15) is 38.6 Å². The third-order valence-electron chi connectivity index (χ3n) is 4.99. The number of hydrogen-bond donors (Lipinski definition) is 0. The lowest BCUT2D eigenvalue weighted by Gasteiger charge is -2.19. The van der Waals surface area contributed by atoms with E-state index in [2.05, 4.69) is 28.4 Å². The van der Waals surface area contributed by atoms with Gasteiger partial charge in [-0.3, -0.25) is 0 Å². The van der Waals surface area contributed by atoms with Gasteiger partial charge in [0, 0.05) is 49.6 Å². The van der Waals surface area contributed by atoms with Crippen LogP contribution < -0.4 is 9.47 Å². The lowest BCUT2D eigenvalue weighted by Crippen LogP contribution is -2.14. The van der Waals surface area contributed by atoms with Crippen LogP contribution in [0.15, 0.2) is 24.4 Å². The molecular weight excluding hydrogens is 356 g/mol. The fraction of sp³-hybridized carbons (Fsp3) is 0.476. The number of imidazole rings is 1. The van der Waals surface area contributed by atoms with Gasteiger partial charge < -0.3 is 18.8 Å². The van der Waals surface area contributed by atoms with Crippen molar-refractivity contribution in [3.8, 4) is 22.9 Å². The van der Waals surface area contributed by atoms with Crippen LogP contribution in [-0.2, 0) is 11.2 Å². The summed E-state index contributed by atoms with van der Waals surface area (Å²) >= 11 is 0. The van der Waals surface area contributed by atoms with Gasteiger partial charge in [0.05, 0.1) is 14.2 Å². The van der Waals surface area contributed by atoms with Gasteiger partial charge in [-0.05, 0) is 25.0 Å². The van der Waals surface area contributed by atoms with Crippen molar-refractivity contribution in [2.24, 2.45) is 0 Å². The zero-order valence-electron chi connectivity index (χ0n) is 17.2. The number of ether oxygens (including phenoxy) is 3. The fourth-order valence-electron chi connectivity index (χ4n) is 3.55. The van der Waals surface area contributed by atoms with Crippen LogP contribution in [0.25, 0.3) is 22.3 Å². The second kappa shape index (κ2) is 9.01. The Bertz CT molecular complexity index is 939. The molecule has 0 aliphatic carbocycles. The SMILES string of the molecule is CCc1nc2c(-c3ccc(OC)nc3OC)ccnc2n1C(CC)CCOC. The van der Waals surface area contributed by atoms with Crippen LogP contribution in [0.3, 0.4) is 0 Å². The van der Waals surface area contributed by atoms with Gasteiger partial charge in [-0.15, -0.1) is 0 Å². The molecule has 1 unspecified atom stereocenters. The van der Waals surface area contributed by atoms with Gasteiger partial charge >= 0.3 is 0 Å². The van der Waals surface area contributed by atoms with Crippen LogP contribution in [0, 0.1) is 0 Å². The average Bonchev–Trinajstić information content (AvgIpc) is 3.12. The van der Waals surface area contributed by atoms with E-state index < -0.39 is 0 Å². The molecule has 150 valence electrons. The molecule has 0 fully saturated rings. The number of aryl methyl sites for hydroxylation is 1. The summed E-state index contributed by atoms with van der Waals surface area (Å²) in [6.07, 6.45) is 4.56. The molecule has 0 radical (unpaired) electrons. The van der Waals surface area contributed by atoms with Crippen molar-refractivity contribution in [2.45, 2.75) is 39.2 Å². The Morgan fingerprint density at radius 3 is 2.46 bits per heavy atom. The monoisotopic (exact) mass is 384 g/mol. The van der Waals surface area contributed by atoms with E-state index in [-0.39, 0.29) is 0 Å². The molecule has 0 saturated carbocycles. The summed E-state index contributed by atoms with van der Waals surface area (Å²) in [5, 5.41) is 0. The maximum absolute atomic E-state index is 5.51. The molecule has 0 bridgehead atoms. The number of methoxy groups -OCH3 is 3. The number of aromatic nitrogens is 4. The smallest absolute Gasteiger partial charge is 0.224 e. The average molecular weight is 384 g/mol. The van der Waals surface area contributed by atoms with E-state index in [9.17, 15) is 0 Å². The largest absolute Gasteiger partial charge is 0.481 e. The van der Waals surface area contributed by atoms with Crippen LogP contribution in [0.2, 0.25) is 0 Å². The summed E-state index contributed by atoms with van der Waals surface area (Å²) in [6.45, 7) is 5.01. The van der Waals surface area contributed by atoms with E-state index in [4.69, 9.17) is 19.2 Å². The second-order valence-corrected chi connectivity index (χ2v) is 6.54. The van der Waals surface area contributed by atoms with Crippen molar-refractivity contribution in [2.75, 3.05) is 27.9 Å². The predicted molar refractivity (Wildman–Crippen MR) is 109 cm³/mol. The quantitative estimate of drug-likeness (QED) is 0.554. The third-order valence-corrected chi connectivity index (χ3v) is 4.99. The van der Waals surface area contributed by atoms with Crippen LogP contribution >= 0.6 is 0 Å². The maximum Gasteiger partial charge on any atom is 0.224 e. The van der Waals surface area contributed by atoms with Crippen molar-refractivity contribution in [1.82, 2.24) is 19.5 Å². The van der Waals surface area contributed by atoms with E-state index >= 15 is 0 Å². The molecule has 28 heavy (non-hydrogen) atoms. The Morgan fingerprint density at radius 2 is 1.82 bits per heavy atom. The Kier molecular flexibility index (Phi) is 6.46. The van der Waals surface area contributed by atoms with Gasteiger partial charge in [0.1, 0.15) is 11.3 Å². The molecule has 0 spiro atoms. The van der Waals surface area contributed by atoms with E-state index in [1.807, 2.05) is 24.4 Å². The third kappa shape index (κ3) is 3.67. The van der Waals surface area contributed by atoms with Crippen molar-refractivity contribution >= 4 is 11.2 Å². The molecule has 0 N–H and O–H groups in total. The number of rotatable bonds is 9. The number of nitrogens with zero attached hydrogens (tertiary/aromatic N) is 4. The van der Waals surface area contributed by atoms with Crippen molar-refractivity contribution in [3.05, 3.63) is 30.2 Å². The minimum atomic E-state index is 0.290. The minimum absolute atomic E-state index is 0.290. The summed E-state index contributed by atoms with van der Waals surface area (Å²) in [6, 6.07) is 6.03. The van der Waals surface area contributed by atoms with Gasteiger partial charge in [-0.1, -0.05) is 13.8 Å². The van der Waals surface area contributed by atoms with Crippen LogP contribution in [-0.4, -0.2) is 47.5 Å². The first-order chi connectivity index (χ1) is 13.7. The number of hydrogen-bond acceptors (Lipinski definition) is 6. The maximum atomic E-state index is 5.51. The van der Waals surface area contributed by atoms with E-state index in [0.29, 0.717) is 24.4 Å². The van der Waals surface area contributed by atoms with E-state index in [1.165, 1.54) is 0 Å². The molecule has 3 aromatic rings. The minimum Gasteiger partial charge on any atom is -0.481 e. The molecule has 1 atom stereocenters. The highest BCUT2D eigenvalue weighted by Crippen LogP contribution is 2.36. The van der Waals surface area contributed by atoms with Gasteiger partial charge in [0.25, 0.3) is 0 Å². The van der Waals surface area contributed by atoms with Crippen LogP contribution in [0.4, 0.5) is 0 Å². The number of pyridine rings is 2. The Labute approximate surface area is 165 Å². The van der Waals surface area contributed by atoms with Gasteiger partial charge in [-0.25, -0.2) is 9.97 Å². The molecule has 3 aromatic heterocycles. The summed E-state index contributed by atoms with van der Waals surface area (Å²) in [7, 11) is 4.93. The topological polar surface area (TPSA) is 71.3 Å². The lowest BCUT2D eigenvalue weighted by molar-refractivity contribution is 0.177. The summed E-state index contributed by atoms with van der Waals surface area (Å²) < 4.78 is 18.3. The molecule has 0 aromatic carbocycles. The molecule has 0 aliphatic heterocycles. The van der Waals surface area contributed by atoms with Crippen LogP contribution in [0.5, 0.6) is 11.8 Å². The fourth-order valence-corrected chi connectivity index (χ4v) is 3.55. The second-order valence-electron chi connectivity index (χ2n) is 6.54. The van der Waals surface area contributed by atoms with Gasteiger partial charge in [0.2, 0.25) is 11.8 Å². The standard InChI is InChI=1S/C21H28N4O3/c1-6-14(11-13-26-3)25-17(7-2)23-19-15(10-12-22-20(19)25)16-8-9-18(27-4)24-21(16)28-5/h8-10,12,14H,6-7,11,13H2,1-5H3. The van der Waals surface area contributed by atoms with Crippen molar-refractivity contribution in [1.29, 1.82) is 0 Å². The Balaban J connectivity index is 2.19. The lowest BCUT2D eigenvalue weighted by atomic mass is 10.1. The highest BCUT2D eigenvalue weighted by Gasteiger charge is 2.22. The normalized spacial score (nSPS) is 12.3. The molecule has 7 nitrogen and oxygen atoms in total. The first kappa shape index (κ1) is 20.1. The first-order valence-corrected chi connectivity index (χ1v) is 9.62. The van der Waals surface area contributed by atoms with E-state index in [0.717, 1.165) is 47.4 Å². The predicted octanol–water partition coefficient (Wildman–Crippen LogP) is 4.06. The molecule has 0 saturated heterocycles. The molecule has 3 rings (SSSR count). The summed E-state index contributed by atoms with van der Waals surface area (Å²) in [5.74, 6) is 2.04. The molecule has 3 heterocycles. The number of fused-ring (bicyclic) bond motifs is 1. The molecule has 0 amide bonds. The molecule has 7 heteroatoms. The zero-order valence-corrected chi connectivity index (χ0v) is 17.2.